The van der Waals surface area contributed by atoms with Crippen molar-refractivity contribution >= 4 is 16.6 Å². The Labute approximate surface area is 166 Å². The molecule has 0 radical (unpaired) electrons. The van der Waals surface area contributed by atoms with Crippen LogP contribution in [0, 0.1) is 17.3 Å². The van der Waals surface area contributed by atoms with Crippen LogP contribution in [-0.4, -0.2) is 5.78 Å². The number of benzene rings is 2. The maximum Gasteiger partial charge on any atom is 0.141 e. The molecular weight excluding hydrogens is 340 g/mol. The van der Waals surface area contributed by atoms with E-state index in [1.807, 2.05) is 11.1 Å². The van der Waals surface area contributed by atoms with Crippen molar-refractivity contribution in [1.82, 2.24) is 0 Å². The van der Waals surface area contributed by atoms with E-state index in [4.69, 9.17) is 0 Å². The molecule has 1 nitrogen and oxygen atoms in total. The van der Waals surface area contributed by atoms with Crippen LogP contribution in [-0.2, 0) is 16.6 Å². The number of hydrogen-bond donors (Lipinski definition) is 0. The largest absolute Gasteiger partial charge is 0.299 e. The quantitative estimate of drug-likeness (QED) is 0.523. The molecule has 0 aliphatic heterocycles. The minimum atomic E-state index is 0.144. The van der Waals surface area contributed by atoms with Gasteiger partial charge >= 0.3 is 0 Å². The van der Waals surface area contributed by atoms with Crippen molar-refractivity contribution in [2.24, 2.45) is 17.3 Å². The fourth-order valence-corrected chi connectivity index (χ4v) is 9.19. The Morgan fingerprint density at radius 3 is 2.57 bits per heavy atom. The van der Waals surface area contributed by atoms with Gasteiger partial charge in [-0.05, 0) is 90.7 Å². The Hall–Kier alpha value is -1.89. The van der Waals surface area contributed by atoms with E-state index < -0.39 is 0 Å². The molecule has 3 atom stereocenters. The molecule has 1 heteroatoms. The summed E-state index contributed by atoms with van der Waals surface area (Å²) in [5.74, 6) is 2.21. The summed E-state index contributed by atoms with van der Waals surface area (Å²) in [5, 5.41) is 2.76. The van der Waals surface area contributed by atoms with Crippen LogP contribution in [0.1, 0.15) is 74.0 Å². The topological polar surface area (TPSA) is 17.1 Å². The Morgan fingerprint density at radius 2 is 1.68 bits per heavy atom. The molecule has 0 aromatic heterocycles. The molecule has 8 aliphatic carbocycles. The van der Waals surface area contributed by atoms with Crippen molar-refractivity contribution in [1.29, 1.82) is 0 Å². The minimum Gasteiger partial charge on any atom is -0.299 e. The van der Waals surface area contributed by atoms with Crippen molar-refractivity contribution < 1.29 is 4.79 Å². The van der Waals surface area contributed by atoms with Crippen LogP contribution in [0.4, 0.5) is 0 Å². The van der Waals surface area contributed by atoms with E-state index in [0.29, 0.717) is 5.78 Å². The van der Waals surface area contributed by atoms with Gasteiger partial charge in [0.15, 0.2) is 0 Å². The van der Waals surface area contributed by atoms with Gasteiger partial charge in [0, 0.05) is 17.3 Å². The van der Waals surface area contributed by atoms with Gasteiger partial charge in [0.05, 0.1) is 5.92 Å². The fourth-order valence-electron chi connectivity index (χ4n) is 9.19. The number of carbonyl (C=O) groups excluding carboxylic acids is 1. The summed E-state index contributed by atoms with van der Waals surface area (Å²) in [6.45, 7) is 0. The Morgan fingerprint density at radius 1 is 0.821 bits per heavy atom. The second-order valence-electron chi connectivity index (χ2n) is 10.8. The molecule has 0 heterocycles. The van der Waals surface area contributed by atoms with E-state index in [0.717, 1.165) is 24.7 Å². The predicted octanol–water partition coefficient (Wildman–Crippen LogP) is 5.99. The summed E-state index contributed by atoms with van der Waals surface area (Å²) >= 11 is 0. The molecule has 2 fully saturated rings. The number of fused-ring (bicyclic) bond motifs is 4. The average Bonchev–Trinajstić information content (AvgIpc) is 3.31. The zero-order valence-electron chi connectivity index (χ0n) is 16.4. The Balaban J connectivity index is 1.59. The number of carbonyl (C=O) groups is 1. The van der Waals surface area contributed by atoms with Gasteiger partial charge in [0.1, 0.15) is 5.78 Å². The number of allylic oxidation sites excluding steroid dienone is 2. The molecule has 140 valence electrons. The standard InChI is InChI=1S/C27H26O/c28-22-4-2-17-11-19-12-20-3-1-16(19)13-21(17)25(22)27-10-7-18(14-27)24-23(27)15-5-8-26(20,24)9-6-15/h1,3,11-13,15,18,25H,2,4-10,14H2. The van der Waals surface area contributed by atoms with Crippen molar-refractivity contribution in [3.05, 3.63) is 58.2 Å². The average molecular weight is 367 g/mol. The zero-order valence-corrected chi connectivity index (χ0v) is 16.4. The molecule has 2 spiro atoms. The lowest BCUT2D eigenvalue weighted by Crippen LogP contribution is -2.46. The first-order valence-corrected chi connectivity index (χ1v) is 11.5. The lowest BCUT2D eigenvalue weighted by molar-refractivity contribution is -0.123. The van der Waals surface area contributed by atoms with Crippen LogP contribution in [0.3, 0.4) is 0 Å². The van der Waals surface area contributed by atoms with Gasteiger partial charge in [-0.2, -0.15) is 0 Å². The van der Waals surface area contributed by atoms with Gasteiger partial charge < -0.3 is 0 Å². The highest BCUT2D eigenvalue weighted by Crippen LogP contribution is 2.74. The van der Waals surface area contributed by atoms with Crippen LogP contribution < -0.4 is 0 Å². The van der Waals surface area contributed by atoms with Gasteiger partial charge in [0.25, 0.3) is 0 Å². The summed E-state index contributed by atoms with van der Waals surface area (Å²) in [7, 11) is 0. The van der Waals surface area contributed by atoms with Gasteiger partial charge in [-0.3, -0.25) is 4.79 Å². The van der Waals surface area contributed by atoms with Crippen molar-refractivity contribution in [3.8, 4) is 0 Å². The second-order valence-corrected chi connectivity index (χ2v) is 10.8. The van der Waals surface area contributed by atoms with Gasteiger partial charge in [-0.1, -0.05) is 41.5 Å². The first kappa shape index (κ1) is 15.0. The fraction of sp³-hybridized carbons (Fsp3) is 0.519. The third kappa shape index (κ3) is 1.42. The van der Waals surface area contributed by atoms with Gasteiger partial charge in [0.2, 0.25) is 0 Å². The number of ketones is 1. The molecule has 28 heavy (non-hydrogen) atoms. The second kappa shape index (κ2) is 4.48. The smallest absolute Gasteiger partial charge is 0.141 e. The van der Waals surface area contributed by atoms with Crippen LogP contribution >= 0.6 is 0 Å². The van der Waals surface area contributed by atoms with Crippen LogP contribution in [0.5, 0.6) is 0 Å². The third-order valence-electron chi connectivity index (χ3n) is 10.0. The molecule has 0 amide bonds. The first-order chi connectivity index (χ1) is 13.7. The number of rotatable bonds is 0. The highest BCUT2D eigenvalue weighted by Gasteiger charge is 2.65. The third-order valence-corrected chi connectivity index (χ3v) is 10.0. The van der Waals surface area contributed by atoms with Crippen molar-refractivity contribution in [3.63, 3.8) is 0 Å². The minimum absolute atomic E-state index is 0.144. The van der Waals surface area contributed by atoms with Gasteiger partial charge in [-0.15, -0.1) is 0 Å². The molecule has 3 unspecified atom stereocenters. The van der Waals surface area contributed by atoms with E-state index in [1.54, 1.807) is 5.56 Å². The monoisotopic (exact) mass is 366 g/mol. The molecule has 12 bridgehead atoms. The van der Waals surface area contributed by atoms with Crippen molar-refractivity contribution in [2.75, 3.05) is 0 Å². The molecule has 2 aromatic carbocycles. The lowest BCUT2D eigenvalue weighted by Gasteiger charge is -2.54. The Kier molecular flexibility index (Phi) is 2.40. The number of aryl methyl sites for hydroxylation is 1. The van der Waals surface area contributed by atoms with Crippen LogP contribution in [0.2, 0.25) is 0 Å². The summed E-state index contributed by atoms with van der Waals surface area (Å²) in [6, 6.07) is 12.2. The molecule has 0 N–H and O–H groups in total. The van der Waals surface area contributed by atoms with Crippen LogP contribution in [0.25, 0.3) is 10.8 Å². The van der Waals surface area contributed by atoms with Crippen molar-refractivity contribution in [2.45, 2.75) is 69.1 Å². The van der Waals surface area contributed by atoms with Crippen LogP contribution in [0.15, 0.2) is 41.5 Å². The van der Waals surface area contributed by atoms with Gasteiger partial charge in [-0.25, -0.2) is 0 Å². The number of hydrogen-bond acceptors (Lipinski definition) is 1. The maximum atomic E-state index is 13.5. The lowest BCUT2D eigenvalue weighted by atomic mass is 9.49. The van der Waals surface area contributed by atoms with E-state index in [9.17, 15) is 4.79 Å². The zero-order chi connectivity index (χ0) is 18.3. The highest BCUT2D eigenvalue weighted by molar-refractivity contribution is 5.94. The summed E-state index contributed by atoms with van der Waals surface area (Å²) < 4.78 is 0. The normalized spacial score (nSPS) is 41.6. The maximum absolute atomic E-state index is 13.5. The predicted molar refractivity (Wildman–Crippen MR) is 110 cm³/mol. The summed E-state index contributed by atoms with van der Waals surface area (Å²) in [5.41, 5.74) is 8.60. The molecular formula is C27H26O. The molecule has 8 aliphatic rings. The van der Waals surface area contributed by atoms with E-state index in [2.05, 4.69) is 30.3 Å². The SMILES string of the molecule is O=C1CCc2cc3cc4ccc3cc2C1C12CCC(C1)C1=C2C2CCC14CC2. The summed E-state index contributed by atoms with van der Waals surface area (Å²) in [4.78, 5) is 13.5. The Bertz CT molecular complexity index is 1140. The van der Waals surface area contributed by atoms with E-state index >= 15 is 0 Å². The highest BCUT2D eigenvalue weighted by atomic mass is 16.1. The first-order valence-electron chi connectivity index (χ1n) is 11.5. The molecule has 2 saturated carbocycles. The molecule has 10 rings (SSSR count). The molecule has 2 aromatic rings. The van der Waals surface area contributed by atoms with E-state index in [1.165, 1.54) is 66.8 Å². The number of Topliss-reactive ketones (excluding diaryl/α,β-unsaturated/α-hetero) is 1. The molecule has 0 saturated heterocycles. The van der Waals surface area contributed by atoms with E-state index in [-0.39, 0.29) is 16.7 Å². The summed E-state index contributed by atoms with van der Waals surface area (Å²) in [6.07, 6.45) is 11.0.